The van der Waals surface area contributed by atoms with Gasteiger partial charge >= 0.3 is 0 Å². The maximum absolute atomic E-state index is 11.0. The number of hydrogen-bond acceptors (Lipinski definition) is 3. The summed E-state index contributed by atoms with van der Waals surface area (Å²) in [4.78, 5) is 11.0. The van der Waals surface area contributed by atoms with Crippen molar-refractivity contribution in [1.82, 2.24) is 0 Å². The zero-order chi connectivity index (χ0) is 9.07. The molecule has 0 aromatic heterocycles. The third-order valence-electron chi connectivity index (χ3n) is 1.28. The van der Waals surface area contributed by atoms with Crippen LogP contribution in [-0.4, -0.2) is 16.5 Å². The van der Waals surface area contributed by atoms with Gasteiger partial charge in [0.15, 0.2) is 5.78 Å². The molecule has 0 amide bonds. The molecule has 62 valence electrons. The molecular formula is C8H13NO2. The van der Waals surface area contributed by atoms with E-state index in [-0.39, 0.29) is 12.2 Å². The van der Waals surface area contributed by atoms with Gasteiger partial charge in [0, 0.05) is 6.42 Å². The zero-order valence-electron chi connectivity index (χ0n) is 7.09. The number of rotatable bonds is 3. The molecule has 0 spiro atoms. The first-order valence-electron chi connectivity index (χ1n) is 3.51. The molecule has 11 heavy (non-hydrogen) atoms. The molecule has 0 bridgehead atoms. The van der Waals surface area contributed by atoms with Crippen molar-refractivity contribution in [1.29, 1.82) is 5.26 Å². The van der Waals surface area contributed by atoms with Crippen molar-refractivity contribution in [3.05, 3.63) is 0 Å². The minimum absolute atomic E-state index is 0.0434. The Morgan fingerprint density at radius 2 is 2.18 bits per heavy atom. The van der Waals surface area contributed by atoms with Gasteiger partial charge in [-0.3, -0.25) is 4.79 Å². The monoisotopic (exact) mass is 155 g/mol. The van der Waals surface area contributed by atoms with Gasteiger partial charge in [-0.25, -0.2) is 0 Å². The fourth-order valence-corrected chi connectivity index (χ4v) is 0.651. The maximum atomic E-state index is 11.0. The van der Waals surface area contributed by atoms with Crippen LogP contribution in [0.3, 0.4) is 0 Å². The predicted octanol–water partition coefficient (Wildman–Crippen LogP) is 0.876. The Labute approximate surface area is 66.6 Å². The fourth-order valence-electron chi connectivity index (χ4n) is 0.651. The molecule has 0 radical (unpaired) electrons. The van der Waals surface area contributed by atoms with Crippen LogP contribution in [0.5, 0.6) is 0 Å². The smallest absolute Gasteiger partial charge is 0.152 e. The minimum Gasteiger partial charge on any atom is -0.390 e. The lowest BCUT2D eigenvalue weighted by Crippen LogP contribution is -2.26. The molecule has 0 heterocycles. The summed E-state index contributed by atoms with van der Waals surface area (Å²) in [5, 5.41) is 17.6. The highest BCUT2D eigenvalue weighted by atomic mass is 16.3. The molecule has 3 heteroatoms. The van der Waals surface area contributed by atoms with Crippen LogP contribution in [-0.2, 0) is 4.79 Å². The molecule has 0 aromatic carbocycles. The summed E-state index contributed by atoms with van der Waals surface area (Å²) in [5.41, 5.74) is -0.998. The Balaban J connectivity index is 4.01. The number of ketones is 1. The van der Waals surface area contributed by atoms with E-state index in [1.54, 1.807) is 13.8 Å². The lowest BCUT2D eigenvalue weighted by molar-refractivity contribution is -0.124. The summed E-state index contributed by atoms with van der Waals surface area (Å²) in [5.74, 6) is -0.818. The largest absolute Gasteiger partial charge is 0.390 e. The van der Waals surface area contributed by atoms with Crippen LogP contribution in [0.2, 0.25) is 0 Å². The van der Waals surface area contributed by atoms with E-state index in [0.717, 1.165) is 0 Å². The van der Waals surface area contributed by atoms with Crippen LogP contribution in [0, 0.1) is 17.2 Å². The van der Waals surface area contributed by atoms with Gasteiger partial charge in [0.2, 0.25) is 0 Å². The molecule has 0 saturated heterocycles. The summed E-state index contributed by atoms with van der Waals surface area (Å²) in [6, 6.07) is 1.83. The topological polar surface area (TPSA) is 61.1 Å². The third kappa shape index (κ3) is 4.51. The molecule has 0 aromatic rings. The van der Waals surface area contributed by atoms with Crippen LogP contribution in [0.1, 0.15) is 27.2 Å². The first kappa shape index (κ1) is 10.1. The predicted molar refractivity (Wildman–Crippen MR) is 40.7 cm³/mol. The van der Waals surface area contributed by atoms with E-state index >= 15 is 0 Å². The molecule has 0 saturated carbocycles. The Morgan fingerprint density at radius 3 is 2.45 bits per heavy atom. The van der Waals surface area contributed by atoms with Crippen molar-refractivity contribution in [2.45, 2.75) is 32.8 Å². The van der Waals surface area contributed by atoms with E-state index in [4.69, 9.17) is 5.26 Å². The summed E-state index contributed by atoms with van der Waals surface area (Å²) in [7, 11) is 0. The highest BCUT2D eigenvalue weighted by Crippen LogP contribution is 2.11. The number of hydrogen-bond donors (Lipinski definition) is 1. The van der Waals surface area contributed by atoms with E-state index in [2.05, 4.69) is 0 Å². The average molecular weight is 155 g/mol. The zero-order valence-corrected chi connectivity index (χ0v) is 7.09. The average Bonchev–Trinajstić information content (AvgIpc) is 1.82. The Morgan fingerprint density at radius 1 is 1.73 bits per heavy atom. The molecular weight excluding hydrogens is 142 g/mol. The molecule has 3 nitrogen and oxygen atoms in total. The summed E-state index contributed by atoms with van der Waals surface area (Å²) < 4.78 is 0. The molecule has 0 fully saturated rings. The normalized spacial score (nSPS) is 13.7. The number of nitrogens with zero attached hydrogens (tertiary/aromatic N) is 1. The van der Waals surface area contributed by atoms with E-state index in [1.807, 2.05) is 6.07 Å². The Kier molecular flexibility index (Phi) is 3.21. The van der Waals surface area contributed by atoms with Gasteiger partial charge in [0.05, 0.1) is 11.7 Å². The highest BCUT2D eigenvalue weighted by Gasteiger charge is 2.21. The number of carbonyl (C=O) groups is 1. The Hall–Kier alpha value is -0.880. The second-order valence-corrected chi connectivity index (χ2v) is 3.31. The van der Waals surface area contributed by atoms with Crippen molar-refractivity contribution in [2.75, 3.05) is 0 Å². The number of aliphatic hydroxyl groups is 1. The molecule has 0 unspecified atom stereocenters. The van der Waals surface area contributed by atoms with Crippen molar-refractivity contribution in [3.63, 3.8) is 0 Å². The number of Topliss-reactive ketones (excluding diaryl/α,β-unsaturated/α-hetero) is 1. The van der Waals surface area contributed by atoms with E-state index in [1.165, 1.54) is 6.92 Å². The van der Waals surface area contributed by atoms with Crippen LogP contribution >= 0.6 is 0 Å². The second-order valence-electron chi connectivity index (χ2n) is 3.31. The standard InChI is InChI=1S/C8H13NO2/c1-6(5-9)7(10)4-8(2,3)11/h6,11H,4H2,1-3H3/t6-/m0/s1. The summed E-state index contributed by atoms with van der Waals surface area (Å²) in [6.07, 6.45) is 0.0434. The van der Waals surface area contributed by atoms with Gasteiger partial charge < -0.3 is 5.11 Å². The molecule has 1 atom stereocenters. The van der Waals surface area contributed by atoms with Gasteiger partial charge in [0.1, 0.15) is 5.92 Å². The maximum Gasteiger partial charge on any atom is 0.152 e. The lowest BCUT2D eigenvalue weighted by atomic mass is 9.96. The first-order valence-corrected chi connectivity index (χ1v) is 3.51. The highest BCUT2D eigenvalue weighted by molar-refractivity contribution is 5.83. The van der Waals surface area contributed by atoms with Crippen molar-refractivity contribution >= 4 is 5.78 Å². The van der Waals surface area contributed by atoms with Crippen molar-refractivity contribution in [2.24, 2.45) is 5.92 Å². The molecule has 0 aliphatic carbocycles. The van der Waals surface area contributed by atoms with Gasteiger partial charge in [0.25, 0.3) is 0 Å². The van der Waals surface area contributed by atoms with Gasteiger partial charge in [-0.15, -0.1) is 0 Å². The van der Waals surface area contributed by atoms with Crippen LogP contribution < -0.4 is 0 Å². The van der Waals surface area contributed by atoms with E-state index in [9.17, 15) is 9.90 Å². The third-order valence-corrected chi connectivity index (χ3v) is 1.28. The quantitative estimate of drug-likeness (QED) is 0.658. The molecule has 0 aliphatic heterocycles. The minimum atomic E-state index is -0.998. The van der Waals surface area contributed by atoms with Crippen LogP contribution in [0.25, 0.3) is 0 Å². The number of nitriles is 1. The van der Waals surface area contributed by atoms with Gasteiger partial charge in [-0.05, 0) is 20.8 Å². The lowest BCUT2D eigenvalue weighted by Gasteiger charge is -2.15. The summed E-state index contributed by atoms with van der Waals surface area (Å²) >= 11 is 0. The Bertz CT molecular complexity index is 185. The second kappa shape index (κ2) is 3.49. The SMILES string of the molecule is C[C@@H](C#N)C(=O)CC(C)(C)O. The molecule has 0 rings (SSSR count). The van der Waals surface area contributed by atoms with Crippen molar-refractivity contribution < 1.29 is 9.90 Å². The van der Waals surface area contributed by atoms with Gasteiger partial charge in [-0.1, -0.05) is 0 Å². The van der Waals surface area contributed by atoms with E-state index < -0.39 is 11.5 Å². The van der Waals surface area contributed by atoms with Crippen LogP contribution in [0.4, 0.5) is 0 Å². The molecule has 0 aliphatic rings. The van der Waals surface area contributed by atoms with Crippen molar-refractivity contribution in [3.8, 4) is 6.07 Å². The van der Waals surface area contributed by atoms with Gasteiger partial charge in [-0.2, -0.15) is 5.26 Å². The fraction of sp³-hybridized carbons (Fsp3) is 0.750. The summed E-state index contributed by atoms with van der Waals surface area (Å²) in [6.45, 7) is 4.64. The molecule has 1 N–H and O–H groups in total. The van der Waals surface area contributed by atoms with E-state index in [0.29, 0.717) is 0 Å². The number of carbonyl (C=O) groups excluding carboxylic acids is 1. The first-order chi connectivity index (χ1) is 4.87. The van der Waals surface area contributed by atoms with Crippen LogP contribution in [0.15, 0.2) is 0 Å².